The third kappa shape index (κ3) is 3.73. The first-order chi connectivity index (χ1) is 8.06. The van der Waals surface area contributed by atoms with E-state index in [4.69, 9.17) is 0 Å². The van der Waals surface area contributed by atoms with E-state index in [2.05, 4.69) is 6.92 Å². The van der Waals surface area contributed by atoms with Gasteiger partial charge in [0.1, 0.15) is 11.6 Å². The van der Waals surface area contributed by atoms with E-state index in [1.165, 1.54) is 11.0 Å². The molecule has 0 bridgehead atoms. The lowest BCUT2D eigenvalue weighted by Gasteiger charge is -2.17. The minimum absolute atomic E-state index is 0.0176. The van der Waals surface area contributed by atoms with Gasteiger partial charge in [-0.15, -0.1) is 0 Å². The third-order valence-electron chi connectivity index (χ3n) is 2.63. The van der Waals surface area contributed by atoms with Crippen molar-refractivity contribution in [2.45, 2.75) is 26.2 Å². The largest absolute Gasteiger partial charge is 0.507 e. The first-order valence-electron chi connectivity index (χ1n) is 5.80. The van der Waals surface area contributed by atoms with Crippen molar-refractivity contribution >= 4 is 5.91 Å². The van der Waals surface area contributed by atoms with Crippen LogP contribution in [0.4, 0.5) is 4.39 Å². The lowest BCUT2D eigenvalue weighted by Crippen LogP contribution is -2.27. The molecule has 0 saturated carbocycles. The Morgan fingerprint density at radius 2 is 2.12 bits per heavy atom. The summed E-state index contributed by atoms with van der Waals surface area (Å²) in [6.07, 6.45) is 3.04. The Labute approximate surface area is 101 Å². The van der Waals surface area contributed by atoms with Gasteiger partial charge >= 0.3 is 0 Å². The molecule has 1 rings (SSSR count). The zero-order chi connectivity index (χ0) is 12.8. The number of aromatic hydroxyl groups is 1. The molecule has 0 spiro atoms. The fourth-order valence-electron chi connectivity index (χ4n) is 1.59. The van der Waals surface area contributed by atoms with E-state index in [0.29, 0.717) is 6.54 Å². The molecule has 17 heavy (non-hydrogen) atoms. The van der Waals surface area contributed by atoms with Gasteiger partial charge in [-0.1, -0.05) is 19.8 Å². The van der Waals surface area contributed by atoms with Crippen molar-refractivity contribution < 1.29 is 14.3 Å². The summed E-state index contributed by atoms with van der Waals surface area (Å²) in [7, 11) is 1.66. The van der Waals surface area contributed by atoms with E-state index < -0.39 is 5.82 Å². The normalized spacial score (nSPS) is 10.3. The van der Waals surface area contributed by atoms with Gasteiger partial charge in [0.05, 0.1) is 5.56 Å². The van der Waals surface area contributed by atoms with Crippen molar-refractivity contribution in [3.63, 3.8) is 0 Å². The number of carbonyl (C=O) groups excluding carboxylic acids is 1. The van der Waals surface area contributed by atoms with Crippen LogP contribution in [0.15, 0.2) is 18.2 Å². The van der Waals surface area contributed by atoms with E-state index >= 15 is 0 Å². The van der Waals surface area contributed by atoms with Crippen molar-refractivity contribution in [3.05, 3.63) is 29.6 Å². The Bertz CT molecular complexity index is 393. The maximum Gasteiger partial charge on any atom is 0.257 e. The highest BCUT2D eigenvalue weighted by Crippen LogP contribution is 2.19. The second-order valence-corrected chi connectivity index (χ2v) is 4.10. The number of amides is 1. The summed E-state index contributed by atoms with van der Waals surface area (Å²) in [5.41, 5.74) is 0.0176. The monoisotopic (exact) mass is 239 g/mol. The van der Waals surface area contributed by atoms with Gasteiger partial charge in [-0.2, -0.15) is 0 Å². The van der Waals surface area contributed by atoms with Gasteiger partial charge in [0.25, 0.3) is 5.91 Å². The number of carbonyl (C=O) groups is 1. The van der Waals surface area contributed by atoms with E-state index in [1.54, 1.807) is 7.05 Å². The Hall–Kier alpha value is -1.58. The summed E-state index contributed by atoms with van der Waals surface area (Å²) < 4.78 is 13.0. The fourth-order valence-corrected chi connectivity index (χ4v) is 1.59. The van der Waals surface area contributed by atoms with Crippen LogP contribution in [-0.4, -0.2) is 29.5 Å². The summed E-state index contributed by atoms with van der Waals surface area (Å²) in [5.74, 6) is -1.05. The molecule has 0 radical (unpaired) electrons. The highest BCUT2D eigenvalue weighted by atomic mass is 19.1. The zero-order valence-electron chi connectivity index (χ0n) is 10.2. The number of benzene rings is 1. The summed E-state index contributed by atoms with van der Waals surface area (Å²) in [5, 5.41) is 9.51. The van der Waals surface area contributed by atoms with Gasteiger partial charge in [-0.05, 0) is 24.6 Å². The molecule has 1 N–H and O–H groups in total. The maximum absolute atomic E-state index is 13.0. The van der Waals surface area contributed by atoms with Gasteiger partial charge in [-0.3, -0.25) is 4.79 Å². The van der Waals surface area contributed by atoms with E-state index in [1.807, 2.05) is 0 Å². The van der Waals surface area contributed by atoms with Gasteiger partial charge in [0, 0.05) is 13.6 Å². The molecule has 0 aliphatic carbocycles. The Balaban J connectivity index is 2.71. The molecule has 0 atom stereocenters. The van der Waals surface area contributed by atoms with Crippen LogP contribution < -0.4 is 0 Å². The Morgan fingerprint density at radius 3 is 2.76 bits per heavy atom. The predicted molar refractivity (Wildman–Crippen MR) is 64.6 cm³/mol. The highest BCUT2D eigenvalue weighted by Gasteiger charge is 2.16. The predicted octanol–water partition coefficient (Wildman–Crippen LogP) is 2.79. The summed E-state index contributed by atoms with van der Waals surface area (Å²) in [6, 6.07) is 3.39. The molecule has 1 aromatic rings. The zero-order valence-corrected chi connectivity index (χ0v) is 10.2. The van der Waals surface area contributed by atoms with E-state index in [-0.39, 0.29) is 17.2 Å². The maximum atomic E-state index is 13.0. The first-order valence-corrected chi connectivity index (χ1v) is 5.80. The molecule has 94 valence electrons. The second kappa shape index (κ2) is 6.23. The molecular formula is C13H18FNO2. The topological polar surface area (TPSA) is 40.5 Å². The Morgan fingerprint density at radius 1 is 1.41 bits per heavy atom. The molecule has 1 aromatic carbocycles. The van der Waals surface area contributed by atoms with Crippen molar-refractivity contribution in [1.82, 2.24) is 4.90 Å². The summed E-state index contributed by atoms with van der Waals surface area (Å²) in [4.78, 5) is 13.4. The number of rotatable bonds is 5. The van der Waals surface area contributed by atoms with Crippen LogP contribution in [0.2, 0.25) is 0 Å². The number of hydrogen-bond acceptors (Lipinski definition) is 2. The van der Waals surface area contributed by atoms with Crippen molar-refractivity contribution in [3.8, 4) is 5.75 Å². The van der Waals surface area contributed by atoms with Crippen LogP contribution in [0.25, 0.3) is 0 Å². The van der Waals surface area contributed by atoms with Crippen molar-refractivity contribution in [1.29, 1.82) is 0 Å². The lowest BCUT2D eigenvalue weighted by molar-refractivity contribution is 0.0789. The van der Waals surface area contributed by atoms with Crippen molar-refractivity contribution in [2.75, 3.05) is 13.6 Å². The second-order valence-electron chi connectivity index (χ2n) is 4.10. The average molecular weight is 239 g/mol. The molecule has 0 aliphatic heterocycles. The minimum Gasteiger partial charge on any atom is -0.507 e. The first kappa shape index (κ1) is 13.5. The van der Waals surface area contributed by atoms with E-state index in [9.17, 15) is 14.3 Å². The molecule has 0 fully saturated rings. The quantitative estimate of drug-likeness (QED) is 0.803. The van der Waals surface area contributed by atoms with Crippen LogP contribution in [0.1, 0.15) is 36.5 Å². The molecule has 0 saturated heterocycles. The number of unbranched alkanes of at least 4 members (excludes halogenated alkanes) is 2. The van der Waals surface area contributed by atoms with Crippen LogP contribution in [0.3, 0.4) is 0 Å². The smallest absolute Gasteiger partial charge is 0.257 e. The van der Waals surface area contributed by atoms with Crippen LogP contribution in [0, 0.1) is 5.82 Å². The van der Waals surface area contributed by atoms with E-state index in [0.717, 1.165) is 31.4 Å². The molecule has 1 amide bonds. The standard InChI is InChI=1S/C13H18FNO2/c1-3-4-5-8-15(2)13(17)11-9-10(14)6-7-12(11)16/h6-7,9,16H,3-5,8H2,1-2H3. The molecule has 0 unspecified atom stereocenters. The molecule has 0 aliphatic rings. The van der Waals surface area contributed by atoms with Gasteiger partial charge in [0.15, 0.2) is 0 Å². The minimum atomic E-state index is -0.520. The van der Waals surface area contributed by atoms with Gasteiger partial charge in [0.2, 0.25) is 0 Å². The molecule has 0 aromatic heterocycles. The highest BCUT2D eigenvalue weighted by molar-refractivity contribution is 5.96. The van der Waals surface area contributed by atoms with Crippen LogP contribution in [-0.2, 0) is 0 Å². The Kier molecular flexibility index (Phi) is 4.94. The summed E-state index contributed by atoms with van der Waals surface area (Å²) in [6.45, 7) is 2.70. The summed E-state index contributed by atoms with van der Waals surface area (Å²) >= 11 is 0. The number of halogens is 1. The molecule has 3 nitrogen and oxygen atoms in total. The van der Waals surface area contributed by atoms with Gasteiger partial charge < -0.3 is 10.0 Å². The SMILES string of the molecule is CCCCCN(C)C(=O)c1cc(F)ccc1O. The fraction of sp³-hybridized carbons (Fsp3) is 0.462. The average Bonchev–Trinajstić information content (AvgIpc) is 2.31. The van der Waals surface area contributed by atoms with Gasteiger partial charge in [-0.25, -0.2) is 4.39 Å². The lowest BCUT2D eigenvalue weighted by atomic mass is 10.1. The van der Waals surface area contributed by atoms with Crippen LogP contribution in [0.5, 0.6) is 5.75 Å². The molecule has 0 heterocycles. The van der Waals surface area contributed by atoms with Crippen molar-refractivity contribution in [2.24, 2.45) is 0 Å². The molecular weight excluding hydrogens is 221 g/mol. The van der Waals surface area contributed by atoms with Crippen LogP contribution >= 0.6 is 0 Å². The number of phenolic OH excluding ortho intramolecular Hbond substituents is 1. The molecule has 4 heteroatoms. The number of phenols is 1. The number of nitrogens with zero attached hydrogens (tertiary/aromatic N) is 1. The number of hydrogen-bond donors (Lipinski definition) is 1. The third-order valence-corrected chi connectivity index (χ3v) is 2.63.